The Morgan fingerprint density at radius 1 is 0.659 bits per heavy atom. The maximum absolute atomic E-state index is 9.50. The minimum Gasteiger partial charge on any atom is -0.497 e. The molecule has 0 aromatic heterocycles. The fourth-order valence-electron chi connectivity index (χ4n) is 3.30. The number of rotatable bonds is 7. The Labute approximate surface area is 249 Å². The van der Waals surface area contributed by atoms with Crippen LogP contribution >= 0.6 is 0 Å². The van der Waals surface area contributed by atoms with E-state index in [1.54, 1.807) is 14.2 Å². The summed E-state index contributed by atoms with van der Waals surface area (Å²) < 4.78 is 29.3. The third-order valence-corrected chi connectivity index (χ3v) is 5.38. The second-order valence-electron chi connectivity index (χ2n) is 7.65. The van der Waals surface area contributed by atoms with E-state index in [2.05, 4.69) is 49.4 Å². The van der Waals surface area contributed by atoms with Gasteiger partial charge in [0.1, 0.15) is 11.5 Å². The van der Waals surface area contributed by atoms with Crippen LogP contribution in [0.2, 0.25) is 0 Å². The van der Waals surface area contributed by atoms with Crippen LogP contribution in [0.4, 0.5) is 8.78 Å². The van der Waals surface area contributed by atoms with E-state index < -0.39 is 5.54 Å². The summed E-state index contributed by atoms with van der Waals surface area (Å²) in [5.74, 6) is 1.66. The number of ether oxygens (including phenoxy) is 2. The van der Waals surface area contributed by atoms with Crippen LogP contribution in [0, 0.1) is 0 Å². The van der Waals surface area contributed by atoms with Crippen LogP contribution in [0.25, 0.3) is 5.57 Å². The fraction of sp³-hybridized carbons (Fsp3) is 0.333. The van der Waals surface area contributed by atoms with Gasteiger partial charge in [0, 0.05) is 0 Å². The van der Waals surface area contributed by atoms with E-state index in [0.29, 0.717) is 14.4 Å². The number of benzene rings is 3. The molecule has 3 aromatic rings. The van der Waals surface area contributed by atoms with Gasteiger partial charge in [-0.25, -0.2) is 0 Å². The highest BCUT2D eigenvalue weighted by atomic mass is 19.1. The fourth-order valence-corrected chi connectivity index (χ4v) is 3.30. The van der Waals surface area contributed by atoms with E-state index in [1.807, 2.05) is 108 Å². The van der Waals surface area contributed by atoms with Crippen LogP contribution in [-0.4, -0.2) is 28.6 Å². The van der Waals surface area contributed by atoms with Crippen molar-refractivity contribution in [2.75, 3.05) is 28.6 Å². The maximum Gasteiger partial charge on any atom is 0.118 e. The Hall–Kier alpha value is -3.70. The number of hydrogen-bond donors (Lipinski definition) is 1. The van der Waals surface area contributed by atoms with Crippen LogP contribution in [-0.2, 0) is 5.54 Å². The Morgan fingerprint density at radius 2 is 1.05 bits per heavy atom. The van der Waals surface area contributed by atoms with E-state index in [1.165, 1.54) is 11.1 Å². The Bertz CT molecular complexity index is 1010. The standard InChI is InChI=1S/C16H19NO2.C14H16.2C2H6.2CH3F/c1-16(17,12-4-8-14(18-2)9-5-12)13-6-10-15(19-3)11-7-13;1-3-5-7-10-13(4-2)14-11-8-6-9-12-14;4*1-2/h4-11H,17H2,1-3H3;3-12H,1-2H3;2*1-2H3;2*1H3/b;5-3-,10-7-,13-4+;;;;. The van der Waals surface area contributed by atoms with Gasteiger partial charge in [-0.15, -0.1) is 0 Å². The first-order valence-corrected chi connectivity index (χ1v) is 13.8. The molecule has 0 spiro atoms. The molecule has 3 aromatic carbocycles. The summed E-state index contributed by atoms with van der Waals surface area (Å²) in [6, 6.07) is 26.0. The van der Waals surface area contributed by atoms with Gasteiger partial charge in [0.05, 0.1) is 34.1 Å². The van der Waals surface area contributed by atoms with Crippen LogP contribution in [0.3, 0.4) is 0 Å². The molecule has 0 fully saturated rings. The molecular weight excluding hydrogens is 516 g/mol. The van der Waals surface area contributed by atoms with Crippen LogP contribution in [0.1, 0.15) is 65.2 Å². The number of allylic oxidation sites excluding steroid dienone is 6. The summed E-state index contributed by atoms with van der Waals surface area (Å²) in [6.07, 6.45) is 10.4. The van der Waals surface area contributed by atoms with Crippen molar-refractivity contribution in [3.63, 3.8) is 0 Å². The number of halogens is 2. The smallest absolute Gasteiger partial charge is 0.118 e. The Kier molecular flexibility index (Phi) is 28.4. The normalized spacial score (nSPS) is 10.1. The van der Waals surface area contributed by atoms with Gasteiger partial charge in [-0.05, 0) is 67.3 Å². The van der Waals surface area contributed by atoms with Gasteiger partial charge >= 0.3 is 0 Å². The van der Waals surface area contributed by atoms with Crippen molar-refractivity contribution in [1.29, 1.82) is 0 Å². The molecule has 0 atom stereocenters. The first kappa shape index (κ1) is 41.8. The molecule has 0 aliphatic rings. The average Bonchev–Trinajstić information content (AvgIpc) is 3.07. The minimum atomic E-state index is -0.543. The molecule has 228 valence electrons. The number of alkyl halides is 2. The summed E-state index contributed by atoms with van der Waals surface area (Å²) in [5, 5.41) is 0. The molecule has 0 saturated heterocycles. The van der Waals surface area contributed by atoms with E-state index in [4.69, 9.17) is 15.2 Å². The highest BCUT2D eigenvalue weighted by molar-refractivity contribution is 5.73. The number of nitrogens with two attached hydrogens (primary N) is 1. The van der Waals surface area contributed by atoms with Crippen molar-refractivity contribution in [1.82, 2.24) is 0 Å². The molecule has 0 unspecified atom stereocenters. The van der Waals surface area contributed by atoms with Gasteiger partial charge in [-0.2, -0.15) is 0 Å². The third-order valence-electron chi connectivity index (χ3n) is 5.38. The van der Waals surface area contributed by atoms with Crippen molar-refractivity contribution < 1.29 is 18.3 Å². The first-order valence-electron chi connectivity index (χ1n) is 13.8. The molecule has 0 aliphatic heterocycles. The van der Waals surface area contributed by atoms with E-state index in [0.717, 1.165) is 22.6 Å². The maximum atomic E-state index is 9.50. The summed E-state index contributed by atoms with van der Waals surface area (Å²) in [5.41, 5.74) is 10.5. The second-order valence-corrected chi connectivity index (χ2v) is 7.65. The predicted octanol–water partition coefficient (Wildman–Crippen LogP) is 10.4. The molecule has 3 nitrogen and oxygen atoms in total. The predicted molar refractivity (Wildman–Crippen MR) is 177 cm³/mol. The zero-order chi connectivity index (χ0) is 32.1. The third kappa shape index (κ3) is 16.2. The summed E-state index contributed by atoms with van der Waals surface area (Å²) >= 11 is 0. The van der Waals surface area contributed by atoms with Gasteiger partial charge in [-0.3, -0.25) is 8.78 Å². The van der Waals surface area contributed by atoms with Crippen molar-refractivity contribution in [2.24, 2.45) is 5.73 Å². The molecule has 5 heteroatoms. The largest absolute Gasteiger partial charge is 0.497 e. The lowest BCUT2D eigenvalue weighted by Crippen LogP contribution is -2.34. The average molecular weight is 570 g/mol. The molecular formula is C36H53F2NO2. The quantitative estimate of drug-likeness (QED) is 0.288. The highest BCUT2D eigenvalue weighted by Gasteiger charge is 2.23. The Balaban J connectivity index is -0.000000581. The SMILES string of the molecule is CC.CC.CF.CF.COc1ccc(C(C)(N)c2ccc(OC)cc2)cc1.C\C=C/C=C\C(=C/C)c1ccccc1. The molecule has 0 amide bonds. The minimum absolute atomic E-state index is 0.500. The van der Waals surface area contributed by atoms with Crippen LogP contribution in [0.5, 0.6) is 11.5 Å². The van der Waals surface area contributed by atoms with Crippen LogP contribution in [0.15, 0.2) is 109 Å². The topological polar surface area (TPSA) is 44.5 Å². The summed E-state index contributed by atoms with van der Waals surface area (Å²) in [7, 11) is 4.31. The van der Waals surface area contributed by atoms with Crippen LogP contribution < -0.4 is 15.2 Å². The number of hydrogen-bond acceptors (Lipinski definition) is 3. The van der Waals surface area contributed by atoms with Gasteiger partial charge in [0.2, 0.25) is 0 Å². The molecule has 0 saturated carbocycles. The van der Waals surface area contributed by atoms with Crippen molar-refractivity contribution in [2.45, 2.75) is 54.0 Å². The highest BCUT2D eigenvalue weighted by Crippen LogP contribution is 2.29. The molecule has 0 bridgehead atoms. The zero-order valence-electron chi connectivity index (χ0n) is 27.0. The lowest BCUT2D eigenvalue weighted by molar-refractivity contribution is 0.413. The van der Waals surface area contributed by atoms with Crippen molar-refractivity contribution in [3.8, 4) is 11.5 Å². The van der Waals surface area contributed by atoms with E-state index in [9.17, 15) is 8.78 Å². The van der Waals surface area contributed by atoms with Crippen molar-refractivity contribution in [3.05, 3.63) is 126 Å². The molecule has 3 rings (SSSR count). The molecule has 41 heavy (non-hydrogen) atoms. The lowest BCUT2D eigenvalue weighted by Gasteiger charge is -2.26. The zero-order valence-corrected chi connectivity index (χ0v) is 27.0. The van der Waals surface area contributed by atoms with Crippen molar-refractivity contribution >= 4 is 5.57 Å². The molecule has 0 heterocycles. The second kappa shape index (κ2) is 27.9. The van der Waals surface area contributed by atoms with E-state index in [-0.39, 0.29) is 0 Å². The first-order chi connectivity index (χ1) is 20.0. The monoisotopic (exact) mass is 569 g/mol. The van der Waals surface area contributed by atoms with Gasteiger partial charge in [-0.1, -0.05) is 113 Å². The summed E-state index contributed by atoms with van der Waals surface area (Å²) in [6.45, 7) is 14.1. The Morgan fingerprint density at radius 3 is 1.37 bits per heavy atom. The lowest BCUT2D eigenvalue weighted by atomic mass is 9.86. The van der Waals surface area contributed by atoms with Gasteiger partial charge in [0.15, 0.2) is 0 Å². The van der Waals surface area contributed by atoms with Gasteiger partial charge < -0.3 is 15.2 Å². The summed E-state index contributed by atoms with van der Waals surface area (Å²) in [4.78, 5) is 0. The van der Waals surface area contributed by atoms with Gasteiger partial charge in [0.25, 0.3) is 0 Å². The molecule has 2 N–H and O–H groups in total. The molecule has 0 radical (unpaired) electrons. The van der Waals surface area contributed by atoms with E-state index >= 15 is 0 Å². The molecule has 0 aliphatic carbocycles. The number of methoxy groups -OCH3 is 2.